The number of carbonyl (C=O) groups is 1. The molecule has 2 aromatic rings. The fourth-order valence-electron chi connectivity index (χ4n) is 2.95. The summed E-state index contributed by atoms with van der Waals surface area (Å²) >= 11 is 0. The Hall–Kier alpha value is -2.36. The lowest BCUT2D eigenvalue weighted by Gasteiger charge is -2.14. The molecule has 0 amide bonds. The van der Waals surface area contributed by atoms with Crippen molar-refractivity contribution in [2.24, 2.45) is 0 Å². The first kappa shape index (κ1) is 15.5. The zero-order valence-corrected chi connectivity index (χ0v) is 13.3. The minimum atomic E-state index is -0.399. The largest absolute Gasteiger partial charge is 0.462 e. The van der Waals surface area contributed by atoms with Crippen molar-refractivity contribution in [2.45, 2.75) is 38.5 Å². The molecular formula is C19H21NO3. The van der Waals surface area contributed by atoms with Gasteiger partial charge in [0.1, 0.15) is 11.3 Å². The van der Waals surface area contributed by atoms with Crippen LogP contribution in [0, 0.1) is 0 Å². The van der Waals surface area contributed by atoms with Crippen molar-refractivity contribution in [1.29, 1.82) is 0 Å². The number of ether oxygens (including phenoxy) is 2. The van der Waals surface area contributed by atoms with Crippen molar-refractivity contribution in [3.8, 4) is 11.6 Å². The highest BCUT2D eigenvalue weighted by Gasteiger charge is 2.22. The van der Waals surface area contributed by atoms with E-state index in [0.717, 1.165) is 18.5 Å². The Morgan fingerprint density at radius 2 is 1.87 bits per heavy atom. The van der Waals surface area contributed by atoms with Gasteiger partial charge in [0.05, 0.1) is 6.61 Å². The van der Waals surface area contributed by atoms with Crippen LogP contribution in [-0.2, 0) is 4.74 Å². The first-order valence-electron chi connectivity index (χ1n) is 8.19. The molecule has 3 rings (SSSR count). The molecule has 1 aliphatic rings. The van der Waals surface area contributed by atoms with Gasteiger partial charge in [0.25, 0.3) is 0 Å². The first-order valence-corrected chi connectivity index (χ1v) is 8.19. The van der Waals surface area contributed by atoms with Gasteiger partial charge in [-0.3, -0.25) is 0 Å². The van der Waals surface area contributed by atoms with E-state index in [-0.39, 0.29) is 0 Å². The Morgan fingerprint density at radius 3 is 2.57 bits per heavy atom. The molecule has 0 spiro atoms. The third-order valence-corrected chi connectivity index (χ3v) is 4.11. The predicted octanol–water partition coefficient (Wildman–Crippen LogP) is 4.71. The minimum Gasteiger partial charge on any atom is -0.462 e. The molecule has 1 aromatic heterocycles. The number of pyridine rings is 1. The van der Waals surface area contributed by atoms with Crippen molar-refractivity contribution in [2.75, 3.05) is 6.61 Å². The Labute approximate surface area is 136 Å². The van der Waals surface area contributed by atoms with E-state index in [1.165, 1.54) is 12.8 Å². The third kappa shape index (κ3) is 3.70. The van der Waals surface area contributed by atoms with Gasteiger partial charge in [0.15, 0.2) is 0 Å². The van der Waals surface area contributed by atoms with E-state index in [4.69, 9.17) is 9.47 Å². The summed E-state index contributed by atoms with van der Waals surface area (Å²) in [5, 5.41) is 0. The molecule has 4 nitrogen and oxygen atoms in total. The quantitative estimate of drug-likeness (QED) is 0.750. The fourth-order valence-corrected chi connectivity index (χ4v) is 2.95. The maximum absolute atomic E-state index is 12.1. The van der Waals surface area contributed by atoms with Crippen molar-refractivity contribution in [3.05, 3.63) is 53.7 Å². The number of carbonyl (C=O) groups excluding carboxylic acids is 1. The van der Waals surface area contributed by atoms with E-state index in [9.17, 15) is 4.79 Å². The van der Waals surface area contributed by atoms with Crippen LogP contribution >= 0.6 is 0 Å². The van der Waals surface area contributed by atoms with E-state index in [0.29, 0.717) is 29.7 Å². The number of rotatable bonds is 5. The molecule has 120 valence electrons. The molecule has 0 N–H and O–H groups in total. The van der Waals surface area contributed by atoms with E-state index in [1.54, 1.807) is 13.0 Å². The van der Waals surface area contributed by atoms with Crippen LogP contribution in [0.15, 0.2) is 42.5 Å². The number of esters is 1. The van der Waals surface area contributed by atoms with Crippen molar-refractivity contribution < 1.29 is 14.3 Å². The molecule has 1 saturated carbocycles. The highest BCUT2D eigenvalue weighted by molar-refractivity contribution is 5.92. The number of hydrogen-bond acceptors (Lipinski definition) is 4. The van der Waals surface area contributed by atoms with Gasteiger partial charge in [-0.15, -0.1) is 0 Å². The van der Waals surface area contributed by atoms with Crippen LogP contribution in [0.4, 0.5) is 0 Å². The van der Waals surface area contributed by atoms with Crippen molar-refractivity contribution >= 4 is 5.97 Å². The van der Waals surface area contributed by atoms with Gasteiger partial charge in [-0.2, -0.15) is 0 Å². The predicted molar refractivity (Wildman–Crippen MR) is 87.9 cm³/mol. The lowest BCUT2D eigenvalue weighted by molar-refractivity contribution is 0.0522. The highest BCUT2D eigenvalue weighted by atomic mass is 16.5. The molecule has 1 fully saturated rings. The summed E-state index contributed by atoms with van der Waals surface area (Å²) in [6, 6.07) is 13.1. The van der Waals surface area contributed by atoms with Gasteiger partial charge in [0, 0.05) is 11.6 Å². The van der Waals surface area contributed by atoms with E-state index in [2.05, 4.69) is 4.98 Å². The monoisotopic (exact) mass is 311 g/mol. The maximum atomic E-state index is 12.1. The number of para-hydroxylation sites is 1. The highest BCUT2D eigenvalue weighted by Crippen LogP contribution is 2.35. The van der Waals surface area contributed by atoms with Crippen molar-refractivity contribution in [1.82, 2.24) is 4.98 Å². The molecule has 1 aliphatic carbocycles. The summed E-state index contributed by atoms with van der Waals surface area (Å²) in [6.45, 7) is 2.12. The van der Waals surface area contributed by atoms with Crippen LogP contribution in [0.1, 0.15) is 54.6 Å². The lowest BCUT2D eigenvalue weighted by atomic mass is 10.0. The van der Waals surface area contributed by atoms with Gasteiger partial charge in [-0.1, -0.05) is 31.0 Å². The molecule has 0 radical (unpaired) electrons. The fraction of sp³-hybridized carbons (Fsp3) is 0.368. The average Bonchev–Trinajstić information content (AvgIpc) is 3.10. The molecule has 0 saturated heterocycles. The second-order valence-corrected chi connectivity index (χ2v) is 5.71. The van der Waals surface area contributed by atoms with Crippen LogP contribution < -0.4 is 4.74 Å². The summed E-state index contributed by atoms with van der Waals surface area (Å²) < 4.78 is 11.0. The minimum absolute atomic E-state index is 0.327. The molecule has 1 heterocycles. The first-order chi connectivity index (χ1) is 11.3. The molecule has 0 bridgehead atoms. The van der Waals surface area contributed by atoms with E-state index < -0.39 is 5.97 Å². The third-order valence-electron chi connectivity index (χ3n) is 4.11. The van der Waals surface area contributed by atoms with Crippen LogP contribution in [0.25, 0.3) is 0 Å². The number of nitrogens with zero attached hydrogens (tertiary/aromatic N) is 1. The molecule has 4 heteroatoms. The molecule has 23 heavy (non-hydrogen) atoms. The summed E-state index contributed by atoms with van der Waals surface area (Å²) in [5.74, 6) is 1.06. The number of hydrogen-bond donors (Lipinski definition) is 0. The lowest BCUT2D eigenvalue weighted by Crippen LogP contribution is -2.09. The maximum Gasteiger partial charge on any atom is 0.343 e. The molecule has 1 aromatic carbocycles. The van der Waals surface area contributed by atoms with Crippen LogP contribution in [0.3, 0.4) is 0 Å². The summed E-state index contributed by atoms with van der Waals surface area (Å²) in [5.41, 5.74) is 1.37. The van der Waals surface area contributed by atoms with Crippen LogP contribution in [-0.4, -0.2) is 17.6 Å². The van der Waals surface area contributed by atoms with Crippen LogP contribution in [0.5, 0.6) is 11.6 Å². The Balaban J connectivity index is 1.93. The Morgan fingerprint density at radius 1 is 1.13 bits per heavy atom. The van der Waals surface area contributed by atoms with Gasteiger partial charge >= 0.3 is 5.97 Å². The van der Waals surface area contributed by atoms with E-state index >= 15 is 0 Å². The standard InChI is InChI=1S/C19H21NO3/c1-2-22-19(21)16-12-13-17(14-8-6-7-9-14)20-18(16)23-15-10-4-3-5-11-15/h3-5,10-14H,2,6-9H2,1H3. The summed E-state index contributed by atoms with van der Waals surface area (Å²) in [7, 11) is 0. The van der Waals surface area contributed by atoms with Crippen molar-refractivity contribution in [3.63, 3.8) is 0 Å². The smallest absolute Gasteiger partial charge is 0.343 e. The SMILES string of the molecule is CCOC(=O)c1ccc(C2CCCC2)nc1Oc1ccccc1. The number of aromatic nitrogens is 1. The summed E-state index contributed by atoms with van der Waals surface area (Å²) in [4.78, 5) is 16.8. The second-order valence-electron chi connectivity index (χ2n) is 5.71. The Kier molecular flexibility index (Phi) is 4.91. The molecule has 0 atom stereocenters. The molecular weight excluding hydrogens is 290 g/mol. The second kappa shape index (κ2) is 7.27. The Bertz CT molecular complexity index is 664. The topological polar surface area (TPSA) is 48.4 Å². The van der Waals surface area contributed by atoms with E-state index in [1.807, 2.05) is 36.4 Å². The van der Waals surface area contributed by atoms with Gasteiger partial charge in [0.2, 0.25) is 5.88 Å². The zero-order chi connectivity index (χ0) is 16.1. The van der Waals surface area contributed by atoms with Crippen LogP contribution in [0.2, 0.25) is 0 Å². The zero-order valence-electron chi connectivity index (χ0n) is 13.3. The van der Waals surface area contributed by atoms with Gasteiger partial charge in [-0.05, 0) is 44.0 Å². The normalized spacial score (nSPS) is 14.7. The molecule has 0 aliphatic heterocycles. The molecule has 0 unspecified atom stereocenters. The van der Waals surface area contributed by atoms with Gasteiger partial charge < -0.3 is 9.47 Å². The average molecular weight is 311 g/mol. The summed E-state index contributed by atoms with van der Waals surface area (Å²) in [6.07, 6.45) is 4.77. The number of benzene rings is 1. The van der Waals surface area contributed by atoms with Gasteiger partial charge in [-0.25, -0.2) is 9.78 Å².